The molecule has 1 heterocycles. The van der Waals surface area contributed by atoms with Gasteiger partial charge in [-0.2, -0.15) is 0 Å². The molecule has 136 valence electrons. The molecule has 0 fully saturated rings. The fraction of sp³-hybridized carbons (Fsp3) is 0.174. The molecule has 1 amide bonds. The van der Waals surface area contributed by atoms with Crippen molar-refractivity contribution in [3.8, 4) is 11.5 Å². The molecule has 0 spiro atoms. The number of nitrogens with zero attached hydrogens (tertiary/aromatic N) is 1. The Morgan fingerprint density at radius 1 is 0.926 bits per heavy atom. The minimum Gasteiger partial charge on any atom is -0.485 e. The van der Waals surface area contributed by atoms with E-state index in [2.05, 4.69) is 0 Å². The average molecular weight is 359 g/mol. The molecule has 0 saturated heterocycles. The molecule has 1 atom stereocenters. The molecule has 0 aromatic heterocycles. The van der Waals surface area contributed by atoms with Crippen LogP contribution in [0.5, 0.6) is 11.5 Å². The van der Waals surface area contributed by atoms with Gasteiger partial charge in [0, 0.05) is 5.69 Å². The van der Waals surface area contributed by atoms with Crippen LogP contribution in [-0.2, 0) is 11.3 Å². The molecule has 1 aliphatic rings. The zero-order chi connectivity index (χ0) is 18.6. The van der Waals surface area contributed by atoms with E-state index >= 15 is 0 Å². The Labute approximate surface area is 159 Å². The number of rotatable bonds is 4. The van der Waals surface area contributed by atoms with E-state index in [9.17, 15) is 4.79 Å². The van der Waals surface area contributed by atoms with Gasteiger partial charge in [0.1, 0.15) is 6.61 Å². The Bertz CT molecular complexity index is 922. The van der Waals surface area contributed by atoms with Crippen LogP contribution in [0, 0.1) is 6.92 Å². The van der Waals surface area contributed by atoms with Crippen molar-refractivity contribution in [1.82, 2.24) is 0 Å². The van der Waals surface area contributed by atoms with E-state index < -0.39 is 6.10 Å². The van der Waals surface area contributed by atoms with Crippen LogP contribution in [0.2, 0.25) is 0 Å². The van der Waals surface area contributed by atoms with Crippen LogP contribution in [0.3, 0.4) is 0 Å². The number of aryl methyl sites for hydroxylation is 1. The summed E-state index contributed by atoms with van der Waals surface area (Å²) in [6.07, 6.45) is -0.676. The van der Waals surface area contributed by atoms with Crippen molar-refractivity contribution >= 4 is 11.6 Å². The molecule has 27 heavy (non-hydrogen) atoms. The van der Waals surface area contributed by atoms with Crippen molar-refractivity contribution < 1.29 is 14.3 Å². The van der Waals surface area contributed by atoms with Gasteiger partial charge in [0.05, 0.1) is 6.54 Å². The molecule has 4 heteroatoms. The first-order chi connectivity index (χ1) is 13.2. The van der Waals surface area contributed by atoms with Gasteiger partial charge < -0.3 is 14.4 Å². The highest BCUT2D eigenvalue weighted by Crippen LogP contribution is 2.32. The minimum atomic E-state index is -0.676. The van der Waals surface area contributed by atoms with Crippen molar-refractivity contribution in [1.29, 1.82) is 0 Å². The molecule has 3 aromatic carbocycles. The molecule has 1 unspecified atom stereocenters. The van der Waals surface area contributed by atoms with Crippen LogP contribution >= 0.6 is 0 Å². The zero-order valence-electron chi connectivity index (χ0n) is 15.2. The molecule has 1 aliphatic heterocycles. The normalized spacial score (nSPS) is 15.2. The number of anilines is 1. The van der Waals surface area contributed by atoms with E-state index in [1.165, 1.54) is 0 Å². The topological polar surface area (TPSA) is 38.8 Å². The number of carbonyl (C=O) groups is 1. The lowest BCUT2D eigenvalue weighted by Gasteiger charge is -2.31. The standard InChI is InChI=1S/C23H21NO3/c1-17-11-13-19(14-12-17)24(15-18-7-3-2-4-8-18)23(25)22-16-26-20-9-5-6-10-21(20)27-22/h2-14,22H,15-16H2,1H3. The highest BCUT2D eigenvalue weighted by atomic mass is 16.6. The van der Waals surface area contributed by atoms with Gasteiger partial charge in [-0.15, -0.1) is 0 Å². The highest BCUT2D eigenvalue weighted by molar-refractivity contribution is 5.97. The SMILES string of the molecule is Cc1ccc(N(Cc2ccccc2)C(=O)C2COc3ccccc3O2)cc1. The second-order valence-corrected chi connectivity index (χ2v) is 6.61. The summed E-state index contributed by atoms with van der Waals surface area (Å²) in [5.74, 6) is 1.16. The first kappa shape index (κ1) is 17.2. The third kappa shape index (κ3) is 3.80. The summed E-state index contributed by atoms with van der Waals surface area (Å²) in [5.41, 5.74) is 3.05. The largest absolute Gasteiger partial charge is 0.485 e. The van der Waals surface area contributed by atoms with Gasteiger partial charge in [-0.1, -0.05) is 60.2 Å². The Morgan fingerprint density at radius 2 is 1.59 bits per heavy atom. The molecule has 3 aromatic rings. The van der Waals surface area contributed by atoms with E-state index in [4.69, 9.17) is 9.47 Å². The average Bonchev–Trinajstić information content (AvgIpc) is 2.73. The molecule has 0 saturated carbocycles. The molecule has 0 bridgehead atoms. The zero-order valence-corrected chi connectivity index (χ0v) is 15.2. The van der Waals surface area contributed by atoms with Gasteiger partial charge in [-0.25, -0.2) is 0 Å². The lowest BCUT2D eigenvalue weighted by Crippen LogP contribution is -2.46. The summed E-state index contributed by atoms with van der Waals surface area (Å²) in [4.78, 5) is 15.1. The monoisotopic (exact) mass is 359 g/mol. The first-order valence-electron chi connectivity index (χ1n) is 9.01. The Hall–Kier alpha value is -3.27. The smallest absolute Gasteiger partial charge is 0.271 e. The van der Waals surface area contributed by atoms with Crippen LogP contribution in [-0.4, -0.2) is 18.6 Å². The van der Waals surface area contributed by atoms with Crippen molar-refractivity contribution in [2.75, 3.05) is 11.5 Å². The van der Waals surface area contributed by atoms with Crippen molar-refractivity contribution in [2.24, 2.45) is 0 Å². The number of carbonyl (C=O) groups excluding carboxylic acids is 1. The molecule has 0 radical (unpaired) electrons. The van der Waals surface area contributed by atoms with Gasteiger partial charge >= 0.3 is 0 Å². The van der Waals surface area contributed by atoms with Crippen LogP contribution in [0.4, 0.5) is 5.69 Å². The maximum atomic E-state index is 13.3. The Morgan fingerprint density at radius 3 is 2.33 bits per heavy atom. The van der Waals surface area contributed by atoms with Crippen LogP contribution in [0.1, 0.15) is 11.1 Å². The number of ether oxygens (including phenoxy) is 2. The molecule has 0 aliphatic carbocycles. The van der Waals surface area contributed by atoms with E-state index in [1.54, 1.807) is 4.90 Å². The van der Waals surface area contributed by atoms with E-state index in [1.807, 2.05) is 85.8 Å². The number of benzene rings is 3. The van der Waals surface area contributed by atoms with Gasteiger partial charge in [0.25, 0.3) is 5.91 Å². The summed E-state index contributed by atoms with van der Waals surface area (Å²) in [7, 11) is 0. The Kier molecular flexibility index (Phi) is 4.79. The van der Waals surface area contributed by atoms with E-state index in [0.29, 0.717) is 18.0 Å². The molecule has 0 N–H and O–H groups in total. The number of hydrogen-bond donors (Lipinski definition) is 0. The first-order valence-corrected chi connectivity index (χ1v) is 9.01. The number of amides is 1. The lowest BCUT2D eigenvalue weighted by molar-refractivity contribution is -0.127. The number of para-hydroxylation sites is 2. The predicted molar refractivity (Wildman–Crippen MR) is 105 cm³/mol. The van der Waals surface area contributed by atoms with E-state index in [-0.39, 0.29) is 12.5 Å². The second-order valence-electron chi connectivity index (χ2n) is 6.61. The molecule has 4 nitrogen and oxygen atoms in total. The number of hydrogen-bond acceptors (Lipinski definition) is 3. The maximum absolute atomic E-state index is 13.3. The summed E-state index contributed by atoms with van der Waals surface area (Å²) < 4.78 is 11.7. The highest BCUT2D eigenvalue weighted by Gasteiger charge is 2.31. The van der Waals surface area contributed by atoms with Crippen LogP contribution in [0.15, 0.2) is 78.9 Å². The molecular formula is C23H21NO3. The van der Waals surface area contributed by atoms with Gasteiger partial charge in [-0.05, 0) is 36.8 Å². The van der Waals surface area contributed by atoms with Crippen LogP contribution < -0.4 is 14.4 Å². The Balaban J connectivity index is 1.61. The van der Waals surface area contributed by atoms with Gasteiger partial charge in [-0.3, -0.25) is 4.79 Å². The quantitative estimate of drug-likeness (QED) is 0.694. The van der Waals surface area contributed by atoms with Gasteiger partial charge in [0.15, 0.2) is 11.5 Å². The fourth-order valence-corrected chi connectivity index (χ4v) is 3.10. The molecular weight excluding hydrogens is 338 g/mol. The van der Waals surface area contributed by atoms with Crippen molar-refractivity contribution in [3.63, 3.8) is 0 Å². The number of fused-ring (bicyclic) bond motifs is 1. The third-order valence-corrected chi connectivity index (χ3v) is 4.58. The summed E-state index contributed by atoms with van der Waals surface area (Å²) >= 11 is 0. The minimum absolute atomic E-state index is 0.114. The van der Waals surface area contributed by atoms with Crippen molar-refractivity contribution in [2.45, 2.75) is 19.6 Å². The summed E-state index contributed by atoms with van der Waals surface area (Å²) in [6, 6.07) is 25.3. The van der Waals surface area contributed by atoms with Crippen LogP contribution in [0.25, 0.3) is 0 Å². The predicted octanol–water partition coefficient (Wildman–Crippen LogP) is 4.37. The summed E-state index contributed by atoms with van der Waals surface area (Å²) in [6.45, 7) is 2.71. The van der Waals surface area contributed by atoms with E-state index in [0.717, 1.165) is 16.8 Å². The van der Waals surface area contributed by atoms with Crippen molar-refractivity contribution in [3.05, 3.63) is 90.0 Å². The summed E-state index contributed by atoms with van der Waals surface area (Å²) in [5, 5.41) is 0. The second kappa shape index (κ2) is 7.54. The maximum Gasteiger partial charge on any atom is 0.271 e. The third-order valence-electron chi connectivity index (χ3n) is 4.58. The fourth-order valence-electron chi connectivity index (χ4n) is 3.10. The van der Waals surface area contributed by atoms with Gasteiger partial charge in [0.2, 0.25) is 6.10 Å². The molecule has 4 rings (SSSR count). The lowest BCUT2D eigenvalue weighted by atomic mass is 10.1.